The summed E-state index contributed by atoms with van der Waals surface area (Å²) in [6, 6.07) is 3.21. The summed E-state index contributed by atoms with van der Waals surface area (Å²) in [6.07, 6.45) is 0.454. The second kappa shape index (κ2) is 4.80. The minimum atomic E-state index is -3.05. The number of benzene rings is 1. The third-order valence-corrected chi connectivity index (χ3v) is 5.08. The molecule has 1 heterocycles. The van der Waals surface area contributed by atoms with Gasteiger partial charge < -0.3 is 10.0 Å². The summed E-state index contributed by atoms with van der Waals surface area (Å²) < 4.78 is 36.0. The van der Waals surface area contributed by atoms with Crippen molar-refractivity contribution in [3.8, 4) is 0 Å². The van der Waals surface area contributed by atoms with Crippen molar-refractivity contribution in [3.05, 3.63) is 29.6 Å². The number of carboxylic acids is 1. The lowest BCUT2D eigenvalue weighted by Gasteiger charge is -2.27. The van der Waals surface area contributed by atoms with Gasteiger partial charge in [0, 0.05) is 13.1 Å². The molecule has 1 fully saturated rings. The maximum Gasteiger partial charge on any atom is 0.337 e. The first-order chi connectivity index (χ1) is 8.80. The highest BCUT2D eigenvalue weighted by atomic mass is 32.2. The number of carboxylic acid groups (broad SMARTS) is 1. The van der Waals surface area contributed by atoms with Gasteiger partial charge in [-0.05, 0) is 24.6 Å². The Balaban J connectivity index is 2.34. The predicted molar refractivity (Wildman–Crippen MR) is 68.8 cm³/mol. The number of sulfone groups is 1. The molecule has 0 radical (unpaired) electrons. The molecule has 0 amide bonds. The first-order valence-electron chi connectivity index (χ1n) is 5.76. The molecular formula is C12H14FNO4S. The van der Waals surface area contributed by atoms with Gasteiger partial charge in [0.25, 0.3) is 0 Å². The number of nitrogens with zero attached hydrogens (tertiary/aromatic N) is 1. The molecule has 1 aliphatic rings. The maximum absolute atomic E-state index is 13.1. The van der Waals surface area contributed by atoms with Gasteiger partial charge >= 0.3 is 5.97 Å². The highest BCUT2D eigenvalue weighted by Crippen LogP contribution is 2.26. The van der Waals surface area contributed by atoms with E-state index in [1.807, 2.05) is 0 Å². The van der Waals surface area contributed by atoms with E-state index in [4.69, 9.17) is 5.11 Å². The van der Waals surface area contributed by atoms with Gasteiger partial charge in [0.1, 0.15) is 5.82 Å². The van der Waals surface area contributed by atoms with E-state index in [2.05, 4.69) is 0 Å². The molecule has 0 spiro atoms. The highest BCUT2D eigenvalue weighted by molar-refractivity contribution is 7.91. The van der Waals surface area contributed by atoms with Crippen LogP contribution in [0, 0.1) is 5.82 Å². The number of anilines is 1. The Kier molecular flexibility index (Phi) is 3.49. The zero-order valence-corrected chi connectivity index (χ0v) is 11.2. The number of rotatable bonds is 3. The summed E-state index contributed by atoms with van der Waals surface area (Å²) in [5.41, 5.74) is 0.169. The van der Waals surface area contributed by atoms with E-state index in [1.165, 1.54) is 12.1 Å². The molecule has 2 rings (SSSR count). The fourth-order valence-corrected chi connectivity index (χ4v) is 4.04. The monoisotopic (exact) mass is 287 g/mol. The first-order valence-corrected chi connectivity index (χ1v) is 7.58. The Labute approximate surface area is 110 Å². The van der Waals surface area contributed by atoms with E-state index in [-0.39, 0.29) is 23.1 Å². The molecule has 0 aliphatic carbocycles. The second-order valence-corrected chi connectivity index (χ2v) is 6.86. The Hall–Kier alpha value is -1.63. The van der Waals surface area contributed by atoms with Crippen molar-refractivity contribution >= 4 is 21.5 Å². The number of carbonyl (C=O) groups is 1. The standard InChI is InChI=1S/C12H14FNO4S/c1-14(9-4-5-19(17,18)7-9)11-3-2-8(13)6-10(11)12(15)16/h2-3,6,9H,4-5,7H2,1H3,(H,15,16). The van der Waals surface area contributed by atoms with Gasteiger partial charge in [-0.25, -0.2) is 17.6 Å². The Morgan fingerprint density at radius 1 is 1.47 bits per heavy atom. The van der Waals surface area contributed by atoms with Crippen molar-refractivity contribution < 1.29 is 22.7 Å². The first kappa shape index (κ1) is 13.8. The van der Waals surface area contributed by atoms with Gasteiger partial charge in [-0.15, -0.1) is 0 Å². The van der Waals surface area contributed by atoms with E-state index >= 15 is 0 Å². The molecule has 1 aliphatic heterocycles. The third-order valence-electron chi connectivity index (χ3n) is 3.33. The van der Waals surface area contributed by atoms with Crippen LogP contribution in [-0.2, 0) is 9.84 Å². The Bertz CT molecular complexity index is 614. The van der Waals surface area contributed by atoms with Crippen LogP contribution in [0.5, 0.6) is 0 Å². The van der Waals surface area contributed by atoms with Gasteiger partial charge in [-0.1, -0.05) is 0 Å². The Morgan fingerprint density at radius 2 is 2.16 bits per heavy atom. The largest absolute Gasteiger partial charge is 0.478 e. The van der Waals surface area contributed by atoms with Gasteiger partial charge in [0.05, 0.1) is 22.8 Å². The zero-order valence-electron chi connectivity index (χ0n) is 10.3. The quantitative estimate of drug-likeness (QED) is 0.902. The molecule has 7 heteroatoms. The third kappa shape index (κ3) is 2.86. The fraction of sp³-hybridized carbons (Fsp3) is 0.417. The van der Waals surface area contributed by atoms with Crippen LogP contribution in [0.1, 0.15) is 16.8 Å². The van der Waals surface area contributed by atoms with Gasteiger partial charge in [-0.2, -0.15) is 0 Å². The number of aromatic carboxylic acids is 1. The van der Waals surface area contributed by atoms with E-state index in [1.54, 1.807) is 11.9 Å². The smallest absolute Gasteiger partial charge is 0.337 e. The van der Waals surface area contributed by atoms with Crippen LogP contribution in [-0.4, -0.2) is 44.1 Å². The predicted octanol–water partition coefficient (Wildman–Crippen LogP) is 1.15. The van der Waals surface area contributed by atoms with Crippen LogP contribution < -0.4 is 4.90 Å². The van der Waals surface area contributed by atoms with Crippen LogP contribution >= 0.6 is 0 Å². The fourth-order valence-electron chi connectivity index (χ4n) is 2.26. The lowest BCUT2D eigenvalue weighted by molar-refractivity contribution is 0.0697. The second-order valence-electron chi connectivity index (χ2n) is 4.63. The molecule has 104 valence electrons. The average molecular weight is 287 g/mol. The molecule has 19 heavy (non-hydrogen) atoms. The molecule has 1 saturated heterocycles. The summed E-state index contributed by atoms with van der Waals surface area (Å²) >= 11 is 0. The number of hydrogen-bond acceptors (Lipinski definition) is 4. The minimum Gasteiger partial charge on any atom is -0.478 e. The van der Waals surface area contributed by atoms with Crippen molar-refractivity contribution in [1.82, 2.24) is 0 Å². The van der Waals surface area contributed by atoms with E-state index in [9.17, 15) is 17.6 Å². The lowest BCUT2D eigenvalue weighted by atomic mass is 10.1. The number of hydrogen-bond donors (Lipinski definition) is 1. The molecule has 0 saturated carbocycles. The molecular weight excluding hydrogens is 273 g/mol. The summed E-state index contributed by atoms with van der Waals surface area (Å²) in [6.45, 7) is 0. The van der Waals surface area contributed by atoms with Gasteiger partial charge in [0.15, 0.2) is 9.84 Å². The minimum absolute atomic E-state index is 0.0000640. The Morgan fingerprint density at radius 3 is 2.68 bits per heavy atom. The molecule has 1 aromatic rings. The van der Waals surface area contributed by atoms with E-state index < -0.39 is 21.6 Å². The van der Waals surface area contributed by atoms with Crippen molar-refractivity contribution in [2.24, 2.45) is 0 Å². The average Bonchev–Trinajstić information content (AvgIpc) is 2.68. The molecule has 0 bridgehead atoms. The lowest BCUT2D eigenvalue weighted by Crippen LogP contribution is -2.33. The molecule has 5 nitrogen and oxygen atoms in total. The van der Waals surface area contributed by atoms with Crippen LogP contribution in [0.2, 0.25) is 0 Å². The topological polar surface area (TPSA) is 74.7 Å². The molecule has 1 N–H and O–H groups in total. The molecule has 1 atom stereocenters. The summed E-state index contributed by atoms with van der Waals surface area (Å²) in [5.74, 6) is -1.76. The van der Waals surface area contributed by atoms with Crippen LogP contribution in [0.15, 0.2) is 18.2 Å². The normalized spacial score (nSPS) is 21.3. The molecule has 0 aromatic heterocycles. The maximum atomic E-state index is 13.1. The van der Waals surface area contributed by atoms with Crippen molar-refractivity contribution in [2.75, 3.05) is 23.5 Å². The van der Waals surface area contributed by atoms with Crippen molar-refractivity contribution in [3.63, 3.8) is 0 Å². The van der Waals surface area contributed by atoms with Crippen LogP contribution in [0.3, 0.4) is 0 Å². The van der Waals surface area contributed by atoms with Gasteiger partial charge in [0.2, 0.25) is 0 Å². The summed E-state index contributed by atoms with van der Waals surface area (Å²) in [4.78, 5) is 12.7. The van der Waals surface area contributed by atoms with Crippen LogP contribution in [0.25, 0.3) is 0 Å². The number of halogens is 1. The summed E-state index contributed by atoms with van der Waals surface area (Å²) in [5, 5.41) is 9.07. The zero-order chi connectivity index (χ0) is 14.2. The van der Waals surface area contributed by atoms with Crippen molar-refractivity contribution in [2.45, 2.75) is 12.5 Å². The SMILES string of the molecule is CN(c1ccc(F)cc1C(=O)O)C1CCS(=O)(=O)C1. The van der Waals surface area contributed by atoms with E-state index in [0.29, 0.717) is 12.1 Å². The van der Waals surface area contributed by atoms with E-state index in [0.717, 1.165) is 6.07 Å². The van der Waals surface area contributed by atoms with Crippen molar-refractivity contribution in [1.29, 1.82) is 0 Å². The summed E-state index contributed by atoms with van der Waals surface area (Å²) in [7, 11) is -1.42. The highest BCUT2D eigenvalue weighted by Gasteiger charge is 2.32. The molecule has 1 unspecified atom stereocenters. The molecule has 1 aromatic carbocycles. The van der Waals surface area contributed by atoms with Gasteiger partial charge in [-0.3, -0.25) is 0 Å². The van der Waals surface area contributed by atoms with Crippen LogP contribution in [0.4, 0.5) is 10.1 Å².